The van der Waals surface area contributed by atoms with Gasteiger partial charge in [0.15, 0.2) is 0 Å². The van der Waals surface area contributed by atoms with Gasteiger partial charge in [-0.2, -0.15) is 0 Å². The topological polar surface area (TPSA) is 204 Å². The van der Waals surface area contributed by atoms with E-state index in [0.29, 0.717) is 128 Å². The highest BCUT2D eigenvalue weighted by atomic mass is 16.6. The Morgan fingerprint density at radius 1 is 0.489 bits per heavy atom. The first-order valence-corrected chi connectivity index (χ1v) is 31.6. The molecule has 0 aliphatic carbocycles. The maximum absolute atomic E-state index is 14.0. The molecule has 2 heterocycles. The second-order valence-electron chi connectivity index (χ2n) is 24.5. The van der Waals surface area contributed by atoms with Crippen LogP contribution in [0.15, 0.2) is 133 Å². The summed E-state index contributed by atoms with van der Waals surface area (Å²) in [5.41, 5.74) is 3.62. The van der Waals surface area contributed by atoms with Gasteiger partial charge in [-0.3, -0.25) is 28.8 Å². The fourth-order valence-electron chi connectivity index (χ4n) is 10.8. The number of Topliss-reactive ketones (excluding diaryl/α,β-unsaturated/α-hetero) is 2. The summed E-state index contributed by atoms with van der Waals surface area (Å²) < 4.78 is 24.8. The maximum Gasteiger partial charge on any atom is 0.329 e. The average molecular weight is 1200 g/mol. The zero-order chi connectivity index (χ0) is 63.1. The van der Waals surface area contributed by atoms with Gasteiger partial charge in [-0.1, -0.05) is 151 Å². The first kappa shape index (κ1) is 67.4. The molecular weight excluding hydrogens is 1110 g/mol. The molecule has 2 saturated heterocycles. The Labute approximate surface area is 519 Å². The van der Waals surface area contributed by atoms with E-state index in [1.54, 1.807) is 27.7 Å². The molecule has 5 aromatic rings. The van der Waals surface area contributed by atoms with Gasteiger partial charge in [0.25, 0.3) is 11.8 Å². The summed E-state index contributed by atoms with van der Waals surface area (Å²) in [7, 11) is 0. The van der Waals surface area contributed by atoms with E-state index < -0.39 is 70.4 Å². The van der Waals surface area contributed by atoms with Gasteiger partial charge in [-0.15, -0.1) is 0 Å². The second-order valence-corrected chi connectivity index (χ2v) is 24.5. The van der Waals surface area contributed by atoms with Crippen LogP contribution in [0.25, 0.3) is 0 Å². The normalized spacial score (nSPS) is 15.9. The molecule has 2 N–H and O–H groups in total. The van der Waals surface area contributed by atoms with E-state index in [9.17, 15) is 38.4 Å². The van der Waals surface area contributed by atoms with Crippen molar-refractivity contribution in [3.05, 3.63) is 167 Å². The lowest BCUT2D eigenvalue weighted by Crippen LogP contribution is -2.53. The van der Waals surface area contributed by atoms with Gasteiger partial charge in [0, 0.05) is 37.0 Å². The summed E-state index contributed by atoms with van der Waals surface area (Å²) in [6.45, 7) is 12.8. The summed E-state index contributed by atoms with van der Waals surface area (Å²) in [6.07, 6.45) is 7.14. The number of carbonyl (C=O) groups excluding carboxylic acids is 8. The highest BCUT2D eigenvalue weighted by Gasteiger charge is 2.43. The SMILES string of the molecule is CCC(C)(C)C(=O)C(=O)N1CCCCC1C(=O)O[C@H](CCc1ccccc1)c1cccc(OCCCNC(=O)Cc2ccc(CC(=O)NCCCOc3cccc(C(CCc4ccccc4)OC(=O)[C@@H]4CCCCN4C(=O)C(=O)C(C)(C)CC)c3)cc2)c1. The number of piperidine rings is 2. The molecule has 0 spiro atoms. The molecule has 2 aliphatic heterocycles. The smallest absolute Gasteiger partial charge is 0.329 e. The van der Waals surface area contributed by atoms with Crippen LogP contribution in [0.5, 0.6) is 11.5 Å². The third-order valence-electron chi connectivity index (χ3n) is 17.1. The van der Waals surface area contributed by atoms with E-state index in [-0.39, 0.29) is 24.7 Å². The van der Waals surface area contributed by atoms with Crippen LogP contribution < -0.4 is 20.1 Å². The monoisotopic (exact) mass is 1200 g/mol. The van der Waals surface area contributed by atoms with Crippen molar-refractivity contribution in [3.8, 4) is 11.5 Å². The maximum atomic E-state index is 14.0. The van der Waals surface area contributed by atoms with Gasteiger partial charge in [-0.05, 0) is 148 Å². The summed E-state index contributed by atoms with van der Waals surface area (Å²) >= 11 is 0. The van der Waals surface area contributed by atoms with Gasteiger partial charge < -0.3 is 39.4 Å². The molecule has 2 aliphatic rings. The lowest BCUT2D eigenvalue weighted by atomic mass is 9.84. The first-order valence-electron chi connectivity index (χ1n) is 31.6. The van der Waals surface area contributed by atoms with Crippen LogP contribution in [0.4, 0.5) is 0 Å². The molecule has 88 heavy (non-hydrogen) atoms. The summed E-state index contributed by atoms with van der Waals surface area (Å²) in [5, 5.41) is 5.93. The molecule has 2 fully saturated rings. The highest BCUT2D eigenvalue weighted by molar-refractivity contribution is 6.38. The van der Waals surface area contributed by atoms with E-state index in [4.69, 9.17) is 18.9 Å². The van der Waals surface area contributed by atoms with Crippen molar-refractivity contribution in [2.75, 3.05) is 39.4 Å². The van der Waals surface area contributed by atoms with Gasteiger partial charge in [0.2, 0.25) is 23.4 Å². The number of amides is 4. The van der Waals surface area contributed by atoms with E-state index in [0.717, 1.165) is 46.2 Å². The molecule has 5 aromatic carbocycles. The van der Waals surface area contributed by atoms with E-state index in [1.807, 2.05) is 147 Å². The average Bonchev–Trinajstić information content (AvgIpc) is 3.00. The van der Waals surface area contributed by atoms with Crippen LogP contribution in [-0.4, -0.2) is 108 Å². The molecule has 0 radical (unpaired) electrons. The molecule has 4 atom stereocenters. The van der Waals surface area contributed by atoms with Crippen LogP contribution in [0.3, 0.4) is 0 Å². The van der Waals surface area contributed by atoms with Gasteiger partial charge in [0.05, 0.1) is 26.1 Å². The number of ketones is 2. The molecule has 7 rings (SSSR count). The fourth-order valence-corrected chi connectivity index (χ4v) is 10.8. The zero-order valence-electron chi connectivity index (χ0n) is 52.4. The van der Waals surface area contributed by atoms with Crippen molar-refractivity contribution in [2.45, 2.75) is 169 Å². The van der Waals surface area contributed by atoms with E-state index >= 15 is 0 Å². The van der Waals surface area contributed by atoms with Crippen molar-refractivity contribution in [1.29, 1.82) is 0 Å². The number of ether oxygens (including phenoxy) is 4. The quantitative estimate of drug-likeness (QED) is 0.0235. The molecule has 0 saturated carbocycles. The number of hydrogen-bond donors (Lipinski definition) is 2. The third-order valence-corrected chi connectivity index (χ3v) is 17.1. The Kier molecular flexibility index (Phi) is 25.5. The standard InChI is InChI=1S/C72H90N4O12/c1-7-71(3,4)65(79)67(81)75-43-17-15-31-59(75)69(83)87-61(39-37-51-23-11-9-12-24-51)55-27-19-29-57(49-55)85-45-21-41-73-63(77)47-53-33-35-54(36-34-53)48-64(78)74-42-22-46-86-58-30-20-28-56(50-58)62(40-38-52-25-13-10-14-26-52)88-70(84)60-32-16-18-44-76(60)68(82)66(80)72(5,6)8-2/h9-14,19-20,23-30,33-36,49-50,59-62H,7-8,15-18,21-22,31-32,37-48H2,1-6H3,(H,73,77)(H,74,78)/t59-,60?,61?,62+/m0/s1. The Morgan fingerprint density at radius 3 is 1.25 bits per heavy atom. The van der Waals surface area contributed by atoms with E-state index in [1.165, 1.54) is 9.80 Å². The number of nitrogens with zero attached hydrogens (tertiary/aromatic N) is 2. The molecule has 0 bridgehead atoms. The first-order chi connectivity index (χ1) is 42.3. The number of aryl methyl sites for hydroxylation is 2. The van der Waals surface area contributed by atoms with Crippen LogP contribution in [-0.2, 0) is 73.5 Å². The van der Waals surface area contributed by atoms with E-state index in [2.05, 4.69) is 10.6 Å². The Bertz CT molecular complexity index is 2920. The number of esters is 2. The number of likely N-dealkylation sites (tertiary alicyclic amines) is 2. The molecule has 2 unspecified atom stereocenters. The van der Waals surface area contributed by atoms with Crippen LogP contribution in [0.1, 0.15) is 164 Å². The minimum atomic E-state index is -0.851. The van der Waals surface area contributed by atoms with Crippen molar-refractivity contribution in [3.63, 3.8) is 0 Å². The van der Waals surface area contributed by atoms with Crippen LogP contribution >= 0.6 is 0 Å². The van der Waals surface area contributed by atoms with Crippen LogP contribution in [0.2, 0.25) is 0 Å². The Morgan fingerprint density at radius 2 is 0.875 bits per heavy atom. The molecular formula is C72H90N4O12. The number of hydrogen-bond acceptors (Lipinski definition) is 12. The summed E-state index contributed by atoms with van der Waals surface area (Å²) in [6, 6.07) is 40.4. The largest absolute Gasteiger partial charge is 0.494 e. The zero-order valence-corrected chi connectivity index (χ0v) is 52.4. The number of nitrogens with one attached hydrogen (secondary N) is 2. The van der Waals surface area contributed by atoms with Crippen molar-refractivity contribution >= 4 is 47.1 Å². The van der Waals surface area contributed by atoms with Gasteiger partial charge >= 0.3 is 11.9 Å². The van der Waals surface area contributed by atoms with Crippen molar-refractivity contribution in [2.24, 2.45) is 10.8 Å². The summed E-state index contributed by atoms with van der Waals surface area (Å²) in [5.74, 6) is -2.43. The number of benzene rings is 5. The number of carbonyl (C=O) groups is 8. The van der Waals surface area contributed by atoms with Crippen LogP contribution in [0, 0.1) is 10.8 Å². The minimum Gasteiger partial charge on any atom is -0.494 e. The predicted octanol–water partition coefficient (Wildman–Crippen LogP) is 11.1. The Hall–Kier alpha value is -8.14. The molecule has 16 nitrogen and oxygen atoms in total. The second kappa shape index (κ2) is 33.3. The lowest BCUT2D eigenvalue weighted by Gasteiger charge is -2.36. The molecule has 4 amide bonds. The van der Waals surface area contributed by atoms with Gasteiger partial charge in [0.1, 0.15) is 35.8 Å². The Balaban J connectivity index is 0.826. The predicted molar refractivity (Wildman–Crippen MR) is 337 cm³/mol. The lowest BCUT2D eigenvalue weighted by molar-refractivity contribution is -0.165. The minimum absolute atomic E-state index is 0.144. The van der Waals surface area contributed by atoms with Crippen molar-refractivity contribution < 1.29 is 57.3 Å². The number of rotatable bonds is 32. The highest BCUT2D eigenvalue weighted by Crippen LogP contribution is 2.33. The molecule has 0 aromatic heterocycles. The van der Waals surface area contributed by atoms with Gasteiger partial charge in [-0.25, -0.2) is 9.59 Å². The molecule has 16 heteroatoms. The van der Waals surface area contributed by atoms with Crippen molar-refractivity contribution in [1.82, 2.24) is 20.4 Å². The fraction of sp³-hybridized carbons (Fsp3) is 0.472. The third kappa shape index (κ3) is 19.9. The molecule has 470 valence electrons. The summed E-state index contributed by atoms with van der Waals surface area (Å²) in [4.78, 5) is 110.